The summed E-state index contributed by atoms with van der Waals surface area (Å²) < 4.78 is 10.7. The minimum Gasteiger partial charge on any atom is -0.393 e. The van der Waals surface area contributed by atoms with Gasteiger partial charge in [0.15, 0.2) is 0 Å². The standard InChI is InChI=1S/C30H46N8O4/c31-11-13-41-15-16-42-14-12-32-27(40)22-4-1-20(2-5-22)19-33-28-36-29(34-24-7-9-25(39)10-8-24)38-30(37-28)35-26-18-21-3-6-23(26)17-21/h1-2,4-5,21,23-26,39H,3,6-19,31H2,(H,32,40)(H3,33,34,35,36,37,38). The summed E-state index contributed by atoms with van der Waals surface area (Å²) in [5.41, 5.74) is 6.97. The zero-order chi connectivity index (χ0) is 29.1. The van der Waals surface area contributed by atoms with E-state index in [1.807, 2.05) is 24.3 Å². The fourth-order valence-corrected chi connectivity index (χ4v) is 6.27. The molecule has 2 bridgehead atoms. The van der Waals surface area contributed by atoms with E-state index in [9.17, 15) is 9.90 Å². The summed E-state index contributed by atoms with van der Waals surface area (Å²) in [4.78, 5) is 26.6. The molecule has 3 unspecified atom stereocenters. The summed E-state index contributed by atoms with van der Waals surface area (Å²) in [5.74, 6) is 3.04. The number of hydrogen-bond acceptors (Lipinski definition) is 11. The number of nitrogens with two attached hydrogens (primary N) is 1. The lowest BCUT2D eigenvalue weighted by atomic mass is 9.93. The van der Waals surface area contributed by atoms with Crippen molar-refractivity contribution in [3.8, 4) is 0 Å². The molecular weight excluding hydrogens is 536 g/mol. The average Bonchev–Trinajstić information content (AvgIpc) is 3.62. The summed E-state index contributed by atoms with van der Waals surface area (Å²) in [7, 11) is 0. The monoisotopic (exact) mass is 582 g/mol. The second kappa shape index (κ2) is 15.4. The van der Waals surface area contributed by atoms with E-state index in [0.717, 1.165) is 37.2 Å². The highest BCUT2D eigenvalue weighted by molar-refractivity contribution is 5.94. The molecular formula is C30H46N8O4. The zero-order valence-electron chi connectivity index (χ0n) is 24.4. The molecule has 0 saturated heterocycles. The Hall–Kier alpha value is -3.06. The molecule has 1 aromatic carbocycles. The van der Waals surface area contributed by atoms with Crippen molar-refractivity contribution < 1.29 is 19.4 Å². The fourth-order valence-electron chi connectivity index (χ4n) is 6.27. The van der Waals surface area contributed by atoms with Crippen molar-refractivity contribution in [3.63, 3.8) is 0 Å². The van der Waals surface area contributed by atoms with E-state index in [0.29, 0.717) is 81.4 Å². The smallest absolute Gasteiger partial charge is 0.251 e. The summed E-state index contributed by atoms with van der Waals surface area (Å²) in [6.07, 6.45) is 8.25. The Balaban J connectivity index is 1.13. The molecule has 12 nitrogen and oxygen atoms in total. The van der Waals surface area contributed by atoms with Crippen molar-refractivity contribution in [2.75, 3.05) is 55.5 Å². The second-order valence-corrected chi connectivity index (χ2v) is 11.7. The van der Waals surface area contributed by atoms with Gasteiger partial charge in [0.1, 0.15) is 0 Å². The van der Waals surface area contributed by atoms with E-state index >= 15 is 0 Å². The Kier molecular flexibility index (Phi) is 11.2. The van der Waals surface area contributed by atoms with Gasteiger partial charge in [-0.3, -0.25) is 4.79 Å². The third-order valence-electron chi connectivity index (χ3n) is 8.55. The lowest BCUT2D eigenvalue weighted by molar-refractivity contribution is 0.0511. The molecule has 3 fully saturated rings. The van der Waals surface area contributed by atoms with Gasteiger partial charge in [-0.2, -0.15) is 15.0 Å². The predicted octanol–water partition coefficient (Wildman–Crippen LogP) is 2.52. The number of aliphatic hydroxyl groups excluding tert-OH is 1. The van der Waals surface area contributed by atoms with Crippen LogP contribution in [0.3, 0.4) is 0 Å². The Labute approximate surface area is 248 Å². The van der Waals surface area contributed by atoms with E-state index in [-0.39, 0.29) is 18.1 Å². The van der Waals surface area contributed by atoms with Crippen LogP contribution in [0.1, 0.15) is 67.3 Å². The quantitative estimate of drug-likeness (QED) is 0.161. The van der Waals surface area contributed by atoms with Crippen molar-refractivity contribution >= 4 is 23.8 Å². The molecule has 42 heavy (non-hydrogen) atoms. The summed E-state index contributed by atoms with van der Waals surface area (Å²) in [6, 6.07) is 8.13. The van der Waals surface area contributed by atoms with Crippen LogP contribution in [0.25, 0.3) is 0 Å². The first-order valence-corrected chi connectivity index (χ1v) is 15.5. The number of nitrogens with one attached hydrogen (secondary N) is 4. The van der Waals surface area contributed by atoms with Crippen LogP contribution in [0, 0.1) is 11.8 Å². The maximum atomic E-state index is 12.5. The van der Waals surface area contributed by atoms with Crippen LogP contribution in [0.4, 0.5) is 17.8 Å². The molecule has 1 heterocycles. The molecule has 2 aromatic rings. The van der Waals surface area contributed by atoms with Gasteiger partial charge in [-0.05, 0) is 74.5 Å². The number of benzene rings is 1. The fraction of sp³-hybridized carbons (Fsp3) is 0.667. The highest BCUT2D eigenvalue weighted by Gasteiger charge is 2.39. The lowest BCUT2D eigenvalue weighted by Crippen LogP contribution is -2.30. The number of amides is 1. The third kappa shape index (κ3) is 8.97. The van der Waals surface area contributed by atoms with E-state index in [4.69, 9.17) is 25.2 Å². The van der Waals surface area contributed by atoms with Gasteiger partial charge in [0.2, 0.25) is 17.8 Å². The molecule has 0 spiro atoms. The van der Waals surface area contributed by atoms with Gasteiger partial charge in [0, 0.05) is 37.3 Å². The van der Waals surface area contributed by atoms with Crippen LogP contribution >= 0.6 is 0 Å². The molecule has 12 heteroatoms. The first-order valence-electron chi connectivity index (χ1n) is 15.5. The van der Waals surface area contributed by atoms with Crippen molar-refractivity contribution in [2.24, 2.45) is 17.6 Å². The minimum atomic E-state index is -0.211. The first-order chi connectivity index (χ1) is 20.6. The lowest BCUT2D eigenvalue weighted by Gasteiger charge is -2.27. The number of aromatic nitrogens is 3. The number of ether oxygens (including phenoxy) is 2. The molecule has 3 aliphatic rings. The Morgan fingerprint density at radius 1 is 0.857 bits per heavy atom. The predicted molar refractivity (Wildman–Crippen MR) is 161 cm³/mol. The Morgan fingerprint density at radius 3 is 2.26 bits per heavy atom. The van der Waals surface area contributed by atoms with Gasteiger partial charge >= 0.3 is 0 Å². The molecule has 7 N–H and O–H groups in total. The Bertz CT molecular complexity index is 1130. The van der Waals surface area contributed by atoms with E-state index < -0.39 is 0 Å². The number of carbonyl (C=O) groups is 1. The summed E-state index contributed by atoms with van der Waals surface area (Å²) in [5, 5.41) is 23.2. The van der Waals surface area contributed by atoms with Crippen LogP contribution in [-0.4, -0.2) is 83.7 Å². The third-order valence-corrected chi connectivity index (χ3v) is 8.55. The highest BCUT2D eigenvalue weighted by Crippen LogP contribution is 2.45. The number of nitrogens with zero attached hydrogens (tertiary/aromatic N) is 3. The van der Waals surface area contributed by atoms with Gasteiger partial charge in [-0.15, -0.1) is 0 Å². The topological polar surface area (TPSA) is 169 Å². The maximum absolute atomic E-state index is 12.5. The van der Waals surface area contributed by atoms with E-state index in [1.165, 1.54) is 25.7 Å². The van der Waals surface area contributed by atoms with Gasteiger partial charge in [0.05, 0.1) is 32.5 Å². The number of hydrogen-bond donors (Lipinski definition) is 6. The molecule has 1 aromatic heterocycles. The number of rotatable bonds is 16. The van der Waals surface area contributed by atoms with Crippen LogP contribution in [0.2, 0.25) is 0 Å². The summed E-state index contributed by atoms with van der Waals surface area (Å²) in [6.45, 7) is 3.33. The van der Waals surface area contributed by atoms with Crippen molar-refractivity contribution in [2.45, 2.75) is 76.1 Å². The largest absolute Gasteiger partial charge is 0.393 e. The highest BCUT2D eigenvalue weighted by atomic mass is 16.5. The number of aliphatic hydroxyl groups is 1. The molecule has 3 atom stereocenters. The van der Waals surface area contributed by atoms with E-state index in [1.54, 1.807) is 0 Å². The van der Waals surface area contributed by atoms with Gasteiger partial charge in [-0.1, -0.05) is 18.6 Å². The zero-order valence-corrected chi connectivity index (χ0v) is 24.4. The van der Waals surface area contributed by atoms with Gasteiger partial charge in [-0.25, -0.2) is 0 Å². The molecule has 5 rings (SSSR count). The molecule has 3 aliphatic carbocycles. The second-order valence-electron chi connectivity index (χ2n) is 11.7. The van der Waals surface area contributed by atoms with Crippen molar-refractivity contribution in [1.29, 1.82) is 0 Å². The van der Waals surface area contributed by atoms with Crippen molar-refractivity contribution in [1.82, 2.24) is 20.3 Å². The first kappa shape index (κ1) is 30.4. The minimum absolute atomic E-state index is 0.141. The average molecular weight is 583 g/mol. The Morgan fingerprint density at radius 2 is 1.57 bits per heavy atom. The number of anilines is 3. The maximum Gasteiger partial charge on any atom is 0.251 e. The molecule has 3 saturated carbocycles. The number of fused-ring (bicyclic) bond motifs is 2. The van der Waals surface area contributed by atoms with Gasteiger partial charge in [0.25, 0.3) is 5.91 Å². The normalized spacial score (nSPS) is 24.9. The SMILES string of the molecule is NCCOCCOCCNC(=O)c1ccc(CNc2nc(NC3CCC(O)CC3)nc(NC3CC4CCC3C4)n2)cc1. The van der Waals surface area contributed by atoms with E-state index in [2.05, 4.69) is 26.3 Å². The van der Waals surface area contributed by atoms with Gasteiger partial charge < -0.3 is 41.6 Å². The van der Waals surface area contributed by atoms with Crippen LogP contribution in [0.15, 0.2) is 24.3 Å². The van der Waals surface area contributed by atoms with Crippen molar-refractivity contribution in [3.05, 3.63) is 35.4 Å². The molecule has 1 amide bonds. The number of carbonyl (C=O) groups excluding carboxylic acids is 1. The van der Waals surface area contributed by atoms with Crippen LogP contribution < -0.4 is 27.0 Å². The molecule has 230 valence electrons. The van der Waals surface area contributed by atoms with Crippen LogP contribution in [-0.2, 0) is 16.0 Å². The summed E-state index contributed by atoms with van der Waals surface area (Å²) >= 11 is 0. The molecule has 0 aliphatic heterocycles. The molecule has 0 radical (unpaired) electrons. The van der Waals surface area contributed by atoms with Crippen LogP contribution in [0.5, 0.6) is 0 Å².